The molecule has 0 bridgehead atoms. The molecule has 9 aliphatic rings. The van der Waals surface area contributed by atoms with Crippen molar-refractivity contribution >= 4 is 40.7 Å². The molecule has 1 aromatic heterocycles. The summed E-state index contributed by atoms with van der Waals surface area (Å²) in [7, 11) is 2.66. The van der Waals surface area contributed by atoms with Crippen LogP contribution in [0.3, 0.4) is 0 Å². The molecule has 4 spiro atoms. The molecule has 4 heterocycles. The molecule has 4 N–H and O–H groups in total. The highest BCUT2D eigenvalue weighted by Crippen LogP contribution is 2.60. The first-order chi connectivity index (χ1) is 39.9. The quantitative estimate of drug-likeness (QED) is 0.0993. The first kappa shape index (κ1) is 51.6. The van der Waals surface area contributed by atoms with Gasteiger partial charge in [-0.2, -0.15) is 0 Å². The zero-order valence-electron chi connectivity index (χ0n) is 47.3. The van der Waals surface area contributed by atoms with E-state index in [-0.39, 0.29) is 51.7 Å². The molecule has 6 aromatic rings. The molecule has 4 amide bonds. The number of carbonyl (C=O) groups is 4. The third-order valence-electron chi connectivity index (χ3n) is 21.5. The molecule has 14 nitrogen and oxygen atoms in total. The van der Waals surface area contributed by atoms with Gasteiger partial charge < -0.3 is 34.9 Å². The highest BCUT2D eigenvalue weighted by molar-refractivity contribution is 6.05. The molecule has 5 aromatic carbocycles. The number of fused-ring (bicyclic) bond motifs is 3. The Kier molecular flexibility index (Phi) is 12.4. The van der Waals surface area contributed by atoms with Crippen LogP contribution in [0, 0.1) is 21.7 Å². The van der Waals surface area contributed by atoms with Gasteiger partial charge >= 0.3 is 12.2 Å². The van der Waals surface area contributed by atoms with Crippen LogP contribution in [0.25, 0.3) is 33.3 Å². The van der Waals surface area contributed by atoms with Crippen molar-refractivity contribution in [3.8, 4) is 22.3 Å². The number of hydrogen-bond donors (Lipinski definition) is 4. The van der Waals surface area contributed by atoms with E-state index in [4.69, 9.17) is 19.5 Å². The Morgan fingerprint density at radius 1 is 0.573 bits per heavy atom. The van der Waals surface area contributed by atoms with Crippen LogP contribution in [0.15, 0.2) is 108 Å². The summed E-state index contributed by atoms with van der Waals surface area (Å²) in [5.74, 6) is 0.518. The van der Waals surface area contributed by atoms with E-state index in [9.17, 15) is 19.2 Å². The van der Waals surface area contributed by atoms with E-state index in [1.54, 1.807) is 0 Å². The van der Waals surface area contributed by atoms with Crippen molar-refractivity contribution < 1.29 is 28.7 Å². The van der Waals surface area contributed by atoms with E-state index in [0.717, 1.165) is 92.3 Å². The molecule has 0 radical (unpaired) electrons. The van der Waals surface area contributed by atoms with Gasteiger partial charge in [0.15, 0.2) is 0 Å². The summed E-state index contributed by atoms with van der Waals surface area (Å²) >= 11 is 0. The number of nitrogens with zero attached hydrogens (tertiary/aromatic N) is 4. The lowest BCUT2D eigenvalue weighted by Crippen LogP contribution is -2.50. The number of nitrogens with one attached hydrogen (secondary N) is 4. The van der Waals surface area contributed by atoms with E-state index < -0.39 is 24.3 Å². The Morgan fingerprint density at radius 2 is 1.07 bits per heavy atom. The van der Waals surface area contributed by atoms with Gasteiger partial charge in [-0.25, -0.2) is 14.6 Å². The molecule has 82 heavy (non-hydrogen) atoms. The summed E-state index contributed by atoms with van der Waals surface area (Å²) in [4.78, 5) is 73.3. The van der Waals surface area contributed by atoms with Gasteiger partial charge in [0, 0.05) is 25.2 Å². The number of amides is 4. The Bertz CT molecular complexity index is 3590. The number of methoxy groups -OCH3 is 2. The van der Waals surface area contributed by atoms with Crippen LogP contribution in [0.1, 0.15) is 153 Å². The summed E-state index contributed by atoms with van der Waals surface area (Å²) in [6, 6.07) is 33.2. The largest absolute Gasteiger partial charge is 0.453 e. The van der Waals surface area contributed by atoms with Crippen molar-refractivity contribution in [1.82, 2.24) is 35.7 Å². The molecule has 422 valence electrons. The van der Waals surface area contributed by atoms with Gasteiger partial charge in [-0.1, -0.05) is 117 Å². The molecular weight excluding hydrogens is 1020 g/mol. The third-order valence-corrected chi connectivity index (χ3v) is 21.5. The highest BCUT2D eigenvalue weighted by Gasteiger charge is 2.57. The number of likely N-dealkylation sites (tertiary alicyclic amines) is 2. The summed E-state index contributed by atoms with van der Waals surface area (Å²) in [6.07, 6.45) is 19.1. The number of imidazole rings is 1. The molecule has 6 aliphatic carbocycles. The van der Waals surface area contributed by atoms with Crippen LogP contribution in [-0.2, 0) is 44.7 Å². The topological polar surface area (TPSA) is 170 Å². The fourth-order valence-corrected chi connectivity index (χ4v) is 16.8. The second kappa shape index (κ2) is 19.7. The summed E-state index contributed by atoms with van der Waals surface area (Å²) in [5, 5.41) is 9.52. The standard InChI is InChI=1S/C68H74N8O6/c1-81-63(79)73-57(41-13-5-3-6-14-41)61(77)75-39-67(27-28-67)36-55(75)59-69-38-54(72-59)47-21-20-46(50-34-66(35-51(47)50)25-11-12-26-66)45-19-18-44(48-32-65(33-49(45)48)23-9-10-24-65)43-17-22-52-53(31-43)71-60(70-52)56-37-68(29-30-68)40-76(56)62(78)58(74-64(80)82-2)42-15-7-4-8-16-42/h3-8,13-22,31,55-59,69H,9-12,23-30,32-40H2,1-2H3,(H,70,71)(H,73,79)(H,74,80). The first-order valence-electron chi connectivity index (χ1n) is 30.4. The number of H-pyrrole nitrogens is 1. The average molecular weight is 1100 g/mol. The highest BCUT2D eigenvalue weighted by atomic mass is 16.5. The van der Waals surface area contributed by atoms with Crippen molar-refractivity contribution in [3.05, 3.63) is 148 Å². The van der Waals surface area contributed by atoms with Crippen LogP contribution in [0.4, 0.5) is 9.59 Å². The number of carbonyl (C=O) groups excluding carboxylic acids is 4. The van der Waals surface area contributed by atoms with Gasteiger partial charge in [0.05, 0.1) is 43.0 Å². The van der Waals surface area contributed by atoms with E-state index in [1.807, 2.05) is 70.5 Å². The fourth-order valence-electron chi connectivity index (χ4n) is 16.8. The zero-order chi connectivity index (χ0) is 55.5. The molecule has 4 saturated carbocycles. The fraction of sp³-hybridized carbons (Fsp3) is 0.471. The smallest absolute Gasteiger partial charge is 0.407 e. The summed E-state index contributed by atoms with van der Waals surface area (Å²) < 4.78 is 10.0. The minimum absolute atomic E-state index is 0.0692. The number of rotatable bonds is 11. The Labute approximate surface area is 479 Å². The first-order valence-corrected chi connectivity index (χ1v) is 30.4. The number of aromatic nitrogens is 2. The molecular formula is C68H74N8O6. The van der Waals surface area contributed by atoms with Crippen LogP contribution < -0.4 is 16.0 Å². The lowest BCUT2D eigenvalue weighted by Gasteiger charge is -2.31. The van der Waals surface area contributed by atoms with Crippen molar-refractivity contribution in [1.29, 1.82) is 0 Å². The Hall–Kier alpha value is -7.32. The number of ether oxygens (including phenoxy) is 2. The Morgan fingerprint density at radius 3 is 1.63 bits per heavy atom. The van der Waals surface area contributed by atoms with E-state index >= 15 is 0 Å². The monoisotopic (exact) mass is 1100 g/mol. The van der Waals surface area contributed by atoms with Crippen molar-refractivity contribution in [2.75, 3.05) is 33.9 Å². The molecule has 2 saturated heterocycles. The lowest BCUT2D eigenvalue weighted by molar-refractivity contribution is -0.135. The number of hydrogen-bond acceptors (Lipinski definition) is 9. The predicted octanol–water partition coefficient (Wildman–Crippen LogP) is 11.6. The zero-order valence-corrected chi connectivity index (χ0v) is 47.3. The van der Waals surface area contributed by atoms with Gasteiger partial charge in [0.1, 0.15) is 24.1 Å². The maximum absolute atomic E-state index is 14.7. The predicted molar refractivity (Wildman–Crippen MR) is 314 cm³/mol. The summed E-state index contributed by atoms with van der Waals surface area (Å²) in [5.41, 5.74) is 17.6. The van der Waals surface area contributed by atoms with Crippen LogP contribution in [0.5, 0.6) is 0 Å². The van der Waals surface area contributed by atoms with Gasteiger partial charge in [-0.15, -0.1) is 0 Å². The average Bonchev–Trinajstić information content (AvgIpc) is 4.22. The second-order valence-electron chi connectivity index (χ2n) is 26.5. The number of benzene rings is 5. The molecule has 15 rings (SSSR count). The van der Waals surface area contributed by atoms with Crippen LogP contribution >= 0.6 is 0 Å². The van der Waals surface area contributed by atoms with Gasteiger partial charge in [0.2, 0.25) is 5.91 Å². The number of aromatic amines is 1. The number of alkyl carbamates (subject to hydrolysis) is 2. The van der Waals surface area contributed by atoms with Crippen LogP contribution in [0.2, 0.25) is 0 Å². The Balaban J connectivity index is 0.756. The van der Waals surface area contributed by atoms with E-state index in [0.29, 0.717) is 25.2 Å². The molecule has 6 fully saturated rings. The van der Waals surface area contributed by atoms with E-state index in [1.165, 1.54) is 116 Å². The molecule has 5 unspecified atom stereocenters. The molecule has 14 heteroatoms. The summed E-state index contributed by atoms with van der Waals surface area (Å²) in [6.45, 7) is 1.94. The third kappa shape index (κ3) is 8.91. The van der Waals surface area contributed by atoms with E-state index in [2.05, 4.69) is 63.4 Å². The van der Waals surface area contributed by atoms with Gasteiger partial charge in [0.25, 0.3) is 5.91 Å². The second-order valence-corrected chi connectivity index (χ2v) is 26.5. The van der Waals surface area contributed by atoms with Crippen LogP contribution in [-0.4, -0.2) is 95.5 Å². The lowest BCUT2D eigenvalue weighted by atomic mass is 9.82. The van der Waals surface area contributed by atoms with Gasteiger partial charge in [-0.05, 0) is 179 Å². The van der Waals surface area contributed by atoms with Crippen molar-refractivity contribution in [2.45, 2.75) is 146 Å². The minimum atomic E-state index is -0.883. The maximum Gasteiger partial charge on any atom is 0.407 e. The SMILES string of the molecule is COC(=O)NC(C(=O)N1CC2(CC2)CC1c1nc2ccc(-c3ccc(-c4ccc(C5=NC(C6CC7(CC7)CN6C(=O)C(NC(=O)OC)c6ccccc6)NC5)c5c4CC4(CCCC4)C5)c4c3CC3(CCCC3)C4)cc2[nH]1)c1ccccc1. The minimum Gasteiger partial charge on any atom is -0.453 e. The molecule has 5 atom stereocenters. The number of aliphatic imine (C=N–C) groups is 1. The normalized spacial score (nSPS) is 24.3. The van der Waals surface area contributed by atoms with Crippen molar-refractivity contribution in [2.24, 2.45) is 26.7 Å². The van der Waals surface area contributed by atoms with Gasteiger partial charge in [-0.3, -0.25) is 19.9 Å². The van der Waals surface area contributed by atoms with Crippen molar-refractivity contribution in [3.63, 3.8) is 0 Å². The maximum atomic E-state index is 14.7. The molecule has 3 aliphatic heterocycles.